The van der Waals surface area contributed by atoms with Crippen molar-refractivity contribution < 1.29 is 9.78 Å². The summed E-state index contributed by atoms with van der Waals surface area (Å²) in [4.78, 5) is 12.2. The van der Waals surface area contributed by atoms with Gasteiger partial charge in [-0.2, -0.15) is 0 Å². The van der Waals surface area contributed by atoms with E-state index in [0.29, 0.717) is 11.8 Å². The second-order valence-corrected chi connectivity index (χ2v) is 9.70. The van der Waals surface area contributed by atoms with Gasteiger partial charge in [-0.05, 0) is 74.6 Å². The van der Waals surface area contributed by atoms with E-state index in [1.165, 1.54) is 22.3 Å². The van der Waals surface area contributed by atoms with Crippen LogP contribution in [0.25, 0.3) is 0 Å². The first kappa shape index (κ1) is 22.6. The molecule has 2 nitrogen and oxygen atoms in total. The quantitative estimate of drug-likeness (QED) is 0.337. The van der Waals surface area contributed by atoms with E-state index in [0.717, 1.165) is 12.8 Å². The molecule has 0 aliphatic rings. The minimum Gasteiger partial charge on any atom is -0.225 e. The van der Waals surface area contributed by atoms with E-state index < -0.39 is 11.2 Å². The lowest BCUT2D eigenvalue weighted by Gasteiger charge is -2.33. The third kappa shape index (κ3) is 5.93. The number of hydrogen-bond acceptors (Lipinski definition) is 2. The van der Waals surface area contributed by atoms with Gasteiger partial charge in [-0.1, -0.05) is 76.2 Å². The molecule has 2 rings (SSSR count). The average Bonchev–Trinajstić information content (AvgIpc) is 2.60. The van der Waals surface area contributed by atoms with Gasteiger partial charge in [-0.3, -0.25) is 0 Å². The lowest BCUT2D eigenvalue weighted by Crippen LogP contribution is -2.31. The zero-order valence-electron chi connectivity index (χ0n) is 19.0. The van der Waals surface area contributed by atoms with Crippen LogP contribution in [0.1, 0.15) is 77.6 Å². The molecule has 0 atom stereocenters. The van der Waals surface area contributed by atoms with Crippen molar-refractivity contribution in [3.05, 3.63) is 70.8 Å². The van der Waals surface area contributed by atoms with Crippen molar-refractivity contribution in [3.63, 3.8) is 0 Å². The Morgan fingerprint density at radius 3 is 1.25 bits per heavy atom. The van der Waals surface area contributed by atoms with Crippen LogP contribution in [0.3, 0.4) is 0 Å². The highest BCUT2D eigenvalue weighted by atomic mass is 17.2. The van der Waals surface area contributed by atoms with E-state index in [9.17, 15) is 0 Å². The van der Waals surface area contributed by atoms with Crippen LogP contribution < -0.4 is 0 Å². The van der Waals surface area contributed by atoms with Gasteiger partial charge >= 0.3 is 0 Å². The van der Waals surface area contributed by atoms with Gasteiger partial charge < -0.3 is 0 Å². The molecule has 0 saturated heterocycles. The van der Waals surface area contributed by atoms with E-state index in [4.69, 9.17) is 9.78 Å². The lowest BCUT2D eigenvalue weighted by molar-refractivity contribution is -0.410. The molecule has 154 valence electrons. The molecule has 28 heavy (non-hydrogen) atoms. The molecule has 2 aromatic carbocycles. The Hall–Kier alpha value is -1.64. The van der Waals surface area contributed by atoms with Crippen LogP contribution in [-0.4, -0.2) is 0 Å². The summed E-state index contributed by atoms with van der Waals surface area (Å²) in [5, 5.41) is 0. The Labute approximate surface area is 172 Å². The third-order valence-electron chi connectivity index (χ3n) is 5.05. The summed E-state index contributed by atoms with van der Waals surface area (Å²) in [6, 6.07) is 17.1. The van der Waals surface area contributed by atoms with Crippen LogP contribution >= 0.6 is 0 Å². The molecule has 0 N–H and O–H groups in total. The SMILES string of the molecule is CC(C)Cc1ccccc1C(C)(C)OOC(C)(C)c1ccccc1CC(C)C. The zero-order chi connectivity index (χ0) is 20.9. The maximum Gasteiger partial charge on any atom is 0.123 e. The minimum atomic E-state index is -0.532. The minimum absolute atomic E-state index is 0.532. The number of hydrogen-bond donors (Lipinski definition) is 0. The van der Waals surface area contributed by atoms with Crippen LogP contribution in [0.15, 0.2) is 48.5 Å². The molecule has 2 aromatic rings. The van der Waals surface area contributed by atoms with E-state index in [1.54, 1.807) is 0 Å². The maximum absolute atomic E-state index is 6.12. The zero-order valence-corrected chi connectivity index (χ0v) is 19.0. The highest BCUT2D eigenvalue weighted by Gasteiger charge is 2.32. The van der Waals surface area contributed by atoms with Gasteiger partial charge in [0.25, 0.3) is 0 Å². The molecule has 0 amide bonds. The third-order valence-corrected chi connectivity index (χ3v) is 5.05. The molecule has 0 radical (unpaired) electrons. The van der Waals surface area contributed by atoms with Gasteiger partial charge in [0.2, 0.25) is 0 Å². The number of rotatable bonds is 9. The molecule has 0 aliphatic carbocycles. The average molecular weight is 383 g/mol. The van der Waals surface area contributed by atoms with Crippen molar-refractivity contribution in [2.45, 2.75) is 79.4 Å². The van der Waals surface area contributed by atoms with Crippen molar-refractivity contribution in [1.82, 2.24) is 0 Å². The van der Waals surface area contributed by atoms with Crippen molar-refractivity contribution in [1.29, 1.82) is 0 Å². The highest BCUT2D eigenvalue weighted by molar-refractivity contribution is 5.33. The van der Waals surface area contributed by atoms with Gasteiger partial charge in [0.1, 0.15) is 11.2 Å². The predicted molar refractivity (Wildman–Crippen MR) is 118 cm³/mol. The summed E-state index contributed by atoms with van der Waals surface area (Å²) < 4.78 is 0. The van der Waals surface area contributed by atoms with Crippen LogP contribution in [-0.2, 0) is 33.8 Å². The fourth-order valence-electron chi connectivity index (χ4n) is 3.75. The summed E-state index contributed by atoms with van der Waals surface area (Å²) >= 11 is 0. The molecule has 0 fully saturated rings. The standard InChI is InChI=1S/C26H38O2/c1-19(2)17-21-13-9-11-15-23(21)25(5,6)27-28-26(7,8)24-16-12-10-14-22(24)18-20(3)4/h9-16,19-20H,17-18H2,1-8H3. The summed E-state index contributed by atoms with van der Waals surface area (Å²) in [5.41, 5.74) is 3.96. The van der Waals surface area contributed by atoms with Gasteiger partial charge in [-0.25, -0.2) is 9.78 Å². The summed E-state index contributed by atoms with van der Waals surface area (Å²) in [6.45, 7) is 17.3. The fourth-order valence-corrected chi connectivity index (χ4v) is 3.75. The van der Waals surface area contributed by atoms with E-state index in [1.807, 2.05) is 0 Å². The molecule has 0 saturated carbocycles. The Balaban J connectivity index is 2.23. The van der Waals surface area contributed by atoms with E-state index >= 15 is 0 Å². The smallest absolute Gasteiger partial charge is 0.123 e. The van der Waals surface area contributed by atoms with Crippen LogP contribution in [0, 0.1) is 11.8 Å². The van der Waals surface area contributed by atoms with Crippen molar-refractivity contribution in [2.75, 3.05) is 0 Å². The Kier molecular flexibility index (Phi) is 7.47. The fraction of sp³-hybridized carbons (Fsp3) is 0.538. The van der Waals surface area contributed by atoms with Crippen LogP contribution in [0.2, 0.25) is 0 Å². The van der Waals surface area contributed by atoms with Crippen LogP contribution in [0.5, 0.6) is 0 Å². The van der Waals surface area contributed by atoms with Crippen molar-refractivity contribution in [3.8, 4) is 0 Å². The molecule has 2 heteroatoms. The molecule has 0 spiro atoms. The Morgan fingerprint density at radius 2 is 0.929 bits per heavy atom. The first-order valence-electron chi connectivity index (χ1n) is 10.6. The van der Waals surface area contributed by atoms with Gasteiger partial charge in [-0.15, -0.1) is 0 Å². The maximum atomic E-state index is 6.12. The molecule has 0 bridgehead atoms. The predicted octanol–water partition coefficient (Wildman–Crippen LogP) is 7.20. The van der Waals surface area contributed by atoms with E-state index in [2.05, 4.69) is 104 Å². The first-order valence-corrected chi connectivity index (χ1v) is 10.6. The lowest BCUT2D eigenvalue weighted by atomic mass is 9.88. The summed E-state index contributed by atoms with van der Waals surface area (Å²) in [6.07, 6.45) is 2.06. The first-order chi connectivity index (χ1) is 13.0. The van der Waals surface area contributed by atoms with Crippen molar-refractivity contribution in [2.24, 2.45) is 11.8 Å². The molecular formula is C26H38O2. The molecule has 0 heterocycles. The van der Waals surface area contributed by atoms with Gasteiger partial charge in [0.05, 0.1) is 0 Å². The van der Waals surface area contributed by atoms with Crippen LogP contribution in [0.4, 0.5) is 0 Å². The monoisotopic (exact) mass is 382 g/mol. The highest BCUT2D eigenvalue weighted by Crippen LogP contribution is 2.35. The summed E-state index contributed by atoms with van der Waals surface area (Å²) in [7, 11) is 0. The van der Waals surface area contributed by atoms with Crippen molar-refractivity contribution >= 4 is 0 Å². The second kappa shape index (κ2) is 9.24. The Morgan fingerprint density at radius 1 is 0.607 bits per heavy atom. The summed E-state index contributed by atoms with van der Waals surface area (Å²) in [5.74, 6) is 1.19. The molecule has 0 unspecified atom stereocenters. The topological polar surface area (TPSA) is 18.5 Å². The largest absolute Gasteiger partial charge is 0.225 e. The number of benzene rings is 2. The van der Waals surface area contributed by atoms with Gasteiger partial charge in [0, 0.05) is 0 Å². The second-order valence-electron chi connectivity index (χ2n) is 9.70. The Bertz CT molecular complexity index is 691. The van der Waals surface area contributed by atoms with E-state index in [-0.39, 0.29) is 0 Å². The molecular weight excluding hydrogens is 344 g/mol. The molecule has 0 aromatic heterocycles. The normalized spacial score (nSPS) is 12.8. The molecule has 0 aliphatic heterocycles. The van der Waals surface area contributed by atoms with Gasteiger partial charge in [0.15, 0.2) is 0 Å².